The molecule has 0 spiro atoms. The molecule has 7 heteroatoms. The van der Waals surface area contributed by atoms with E-state index in [2.05, 4.69) is 14.8 Å². The Bertz CT molecular complexity index is 854. The Kier molecular flexibility index (Phi) is 4.48. The van der Waals surface area contributed by atoms with E-state index in [4.69, 9.17) is 22.9 Å². The molecule has 4 rings (SSSR count). The third-order valence-electron chi connectivity index (χ3n) is 5.14. The Morgan fingerprint density at radius 1 is 1.23 bits per heavy atom. The zero-order chi connectivity index (χ0) is 18.1. The van der Waals surface area contributed by atoms with E-state index in [1.165, 1.54) is 6.33 Å². The highest BCUT2D eigenvalue weighted by Gasteiger charge is 2.43. The fourth-order valence-corrected chi connectivity index (χ4v) is 4.16. The number of halogens is 1. The van der Waals surface area contributed by atoms with Crippen molar-refractivity contribution in [2.75, 3.05) is 13.1 Å². The molecule has 132 valence electrons. The van der Waals surface area contributed by atoms with Crippen LogP contribution in [-0.4, -0.2) is 40.0 Å². The molecule has 0 N–H and O–H groups in total. The maximum absolute atomic E-state index is 12.5. The van der Waals surface area contributed by atoms with Gasteiger partial charge in [-0.3, -0.25) is 4.79 Å². The predicted octanol–water partition coefficient (Wildman–Crippen LogP) is 3.61. The summed E-state index contributed by atoms with van der Waals surface area (Å²) in [6.07, 6.45) is 6.51. The van der Waals surface area contributed by atoms with Gasteiger partial charge in [0.1, 0.15) is 12.1 Å². The van der Waals surface area contributed by atoms with Crippen molar-refractivity contribution in [2.24, 2.45) is 11.8 Å². The number of likely N-dealkylation sites (tertiary alicyclic amines) is 1. The fraction of sp³-hybridized carbons (Fsp3) is 0.368. The maximum atomic E-state index is 12.5. The van der Waals surface area contributed by atoms with E-state index in [0.717, 1.165) is 25.9 Å². The van der Waals surface area contributed by atoms with Crippen molar-refractivity contribution in [2.45, 2.75) is 18.9 Å². The van der Waals surface area contributed by atoms with E-state index < -0.39 is 0 Å². The summed E-state index contributed by atoms with van der Waals surface area (Å²) in [5.74, 6) is 1.60. The van der Waals surface area contributed by atoms with Gasteiger partial charge in [-0.2, -0.15) is 0 Å². The van der Waals surface area contributed by atoms with Crippen molar-refractivity contribution in [1.82, 2.24) is 14.9 Å². The van der Waals surface area contributed by atoms with Gasteiger partial charge >= 0.3 is 0 Å². The molecule has 1 amide bonds. The average molecular weight is 369 g/mol. The number of fused-ring (bicyclic) bond motifs is 1. The first-order valence-electron chi connectivity index (χ1n) is 8.52. The summed E-state index contributed by atoms with van der Waals surface area (Å²) < 4.78 is 6.06. The summed E-state index contributed by atoms with van der Waals surface area (Å²) in [7, 11) is 0. The van der Waals surface area contributed by atoms with E-state index >= 15 is 0 Å². The first kappa shape index (κ1) is 16.8. The van der Waals surface area contributed by atoms with Gasteiger partial charge in [0.2, 0.25) is 5.69 Å². The van der Waals surface area contributed by atoms with Gasteiger partial charge in [-0.25, -0.2) is 14.8 Å². The molecule has 2 aromatic rings. The average Bonchev–Trinajstić information content (AvgIpc) is 3.20. The van der Waals surface area contributed by atoms with Crippen molar-refractivity contribution >= 4 is 23.2 Å². The van der Waals surface area contributed by atoms with Crippen LogP contribution in [0.4, 0.5) is 5.69 Å². The number of aromatic nitrogens is 2. The number of nitrogens with zero attached hydrogens (tertiary/aromatic N) is 4. The van der Waals surface area contributed by atoms with Gasteiger partial charge < -0.3 is 9.64 Å². The monoisotopic (exact) mass is 368 g/mol. The summed E-state index contributed by atoms with van der Waals surface area (Å²) in [4.78, 5) is 25.6. The van der Waals surface area contributed by atoms with Crippen molar-refractivity contribution in [3.8, 4) is 5.75 Å². The topological polar surface area (TPSA) is 59.7 Å². The fourth-order valence-electron chi connectivity index (χ4n) is 3.94. The summed E-state index contributed by atoms with van der Waals surface area (Å²) in [5, 5.41) is 0.414. The molecule has 1 saturated heterocycles. The van der Waals surface area contributed by atoms with Crippen LogP contribution in [-0.2, 0) is 0 Å². The molecule has 1 aromatic heterocycles. The van der Waals surface area contributed by atoms with E-state index in [1.54, 1.807) is 30.6 Å². The molecule has 1 aliphatic carbocycles. The Balaban J connectivity index is 1.36. The molecular weight excluding hydrogens is 352 g/mol. The van der Waals surface area contributed by atoms with Crippen LogP contribution < -0.4 is 4.74 Å². The number of carbonyl (C=O) groups is 1. The minimum Gasteiger partial charge on any atom is -0.490 e. The number of ether oxygens (including phenoxy) is 1. The van der Waals surface area contributed by atoms with E-state index in [0.29, 0.717) is 33.9 Å². The van der Waals surface area contributed by atoms with Crippen LogP contribution in [0.3, 0.4) is 0 Å². The minimum absolute atomic E-state index is 0.000942. The van der Waals surface area contributed by atoms with Gasteiger partial charge in [-0.1, -0.05) is 17.7 Å². The molecule has 26 heavy (non-hydrogen) atoms. The SMILES string of the molecule is [C-]#[N+]c1ccc(OC2CC3CN(C(=O)c4cncnc4)CC3C2)cc1Cl. The first-order valence-corrected chi connectivity index (χ1v) is 8.90. The van der Waals surface area contributed by atoms with Crippen LogP contribution in [0.1, 0.15) is 23.2 Å². The van der Waals surface area contributed by atoms with Crippen molar-refractivity contribution in [3.05, 3.63) is 58.9 Å². The number of amides is 1. The highest BCUT2D eigenvalue weighted by molar-refractivity contribution is 6.33. The lowest BCUT2D eigenvalue weighted by molar-refractivity contribution is 0.0769. The molecular formula is C19H17ClN4O2. The summed E-state index contributed by atoms with van der Waals surface area (Å²) in [6.45, 7) is 8.53. The van der Waals surface area contributed by atoms with Gasteiger partial charge in [0.05, 0.1) is 23.3 Å². The van der Waals surface area contributed by atoms with Crippen molar-refractivity contribution in [3.63, 3.8) is 0 Å². The molecule has 0 bridgehead atoms. The summed E-state index contributed by atoms with van der Waals surface area (Å²) >= 11 is 6.07. The Hall–Kier alpha value is -2.65. The van der Waals surface area contributed by atoms with Gasteiger partial charge in [0.15, 0.2) is 0 Å². The second-order valence-corrected chi connectivity index (χ2v) is 7.20. The molecule has 1 saturated carbocycles. The van der Waals surface area contributed by atoms with Crippen molar-refractivity contribution in [1.29, 1.82) is 0 Å². The largest absolute Gasteiger partial charge is 0.490 e. The van der Waals surface area contributed by atoms with Crippen LogP contribution in [0, 0.1) is 18.4 Å². The summed E-state index contributed by atoms with van der Waals surface area (Å²) in [5.41, 5.74) is 0.969. The summed E-state index contributed by atoms with van der Waals surface area (Å²) in [6, 6.07) is 5.18. The van der Waals surface area contributed by atoms with Gasteiger partial charge in [0.25, 0.3) is 5.91 Å². The van der Waals surface area contributed by atoms with Gasteiger partial charge in [0, 0.05) is 25.5 Å². The van der Waals surface area contributed by atoms with Crippen molar-refractivity contribution < 1.29 is 9.53 Å². The van der Waals surface area contributed by atoms with E-state index in [9.17, 15) is 4.79 Å². The van der Waals surface area contributed by atoms with Gasteiger partial charge in [-0.15, -0.1) is 0 Å². The Labute approximate surface area is 156 Å². The molecule has 1 aromatic carbocycles. The molecule has 6 nitrogen and oxygen atoms in total. The highest BCUT2D eigenvalue weighted by Crippen LogP contribution is 2.40. The van der Waals surface area contributed by atoms with E-state index in [-0.39, 0.29) is 12.0 Å². The first-order chi connectivity index (χ1) is 12.6. The van der Waals surface area contributed by atoms with Crippen LogP contribution in [0.25, 0.3) is 4.85 Å². The minimum atomic E-state index is -0.000942. The Morgan fingerprint density at radius 3 is 2.54 bits per heavy atom. The molecule has 2 unspecified atom stereocenters. The number of rotatable bonds is 3. The molecule has 2 atom stereocenters. The lowest BCUT2D eigenvalue weighted by Crippen LogP contribution is -2.31. The standard InChI is InChI=1S/C19H17ClN4O2/c1-21-18-3-2-15(6-17(18)20)26-16-4-12-9-24(10-13(12)5-16)19(25)14-7-22-11-23-8-14/h2-3,6-8,11-13,16H,4-5,9-10H2. The third kappa shape index (κ3) is 3.23. The number of carbonyl (C=O) groups excluding carboxylic acids is 1. The second-order valence-electron chi connectivity index (χ2n) is 6.79. The molecule has 2 heterocycles. The lowest BCUT2D eigenvalue weighted by atomic mass is 10.0. The lowest BCUT2D eigenvalue weighted by Gasteiger charge is -2.20. The van der Waals surface area contributed by atoms with Crippen LogP contribution in [0.15, 0.2) is 36.9 Å². The predicted molar refractivity (Wildman–Crippen MR) is 96.3 cm³/mol. The third-order valence-corrected chi connectivity index (χ3v) is 5.45. The highest BCUT2D eigenvalue weighted by atomic mass is 35.5. The molecule has 1 aliphatic heterocycles. The van der Waals surface area contributed by atoms with Crippen LogP contribution >= 0.6 is 11.6 Å². The smallest absolute Gasteiger partial charge is 0.257 e. The molecule has 0 radical (unpaired) electrons. The van der Waals surface area contributed by atoms with E-state index in [1.807, 2.05) is 4.90 Å². The van der Waals surface area contributed by atoms with Crippen LogP contribution in [0.2, 0.25) is 5.02 Å². The zero-order valence-corrected chi connectivity index (χ0v) is 14.8. The number of hydrogen-bond acceptors (Lipinski definition) is 4. The zero-order valence-electron chi connectivity index (χ0n) is 14.0. The Morgan fingerprint density at radius 2 is 1.92 bits per heavy atom. The second kappa shape index (κ2) is 6.93. The van der Waals surface area contributed by atoms with Crippen LogP contribution in [0.5, 0.6) is 5.75 Å². The quantitative estimate of drug-likeness (QED) is 0.776. The normalized spacial score (nSPS) is 24.2. The number of hydrogen-bond donors (Lipinski definition) is 0. The molecule has 2 fully saturated rings. The molecule has 2 aliphatic rings. The van der Waals surface area contributed by atoms with Gasteiger partial charge in [-0.05, 0) is 36.8 Å². The maximum Gasteiger partial charge on any atom is 0.257 e. The number of benzene rings is 1.